The van der Waals surface area contributed by atoms with Crippen molar-refractivity contribution in [2.24, 2.45) is 5.73 Å². The summed E-state index contributed by atoms with van der Waals surface area (Å²) in [5.41, 5.74) is 3.72. The predicted octanol–water partition coefficient (Wildman–Crippen LogP) is 2.58. The van der Waals surface area contributed by atoms with Gasteiger partial charge in [0.1, 0.15) is 0 Å². The minimum absolute atomic E-state index is 0.103. The Morgan fingerprint density at radius 3 is 2.40 bits per heavy atom. The maximum atomic E-state index is 12.9. The largest absolute Gasteiger partial charge is 0.418 e. The Kier molecular flexibility index (Phi) is 4.88. The highest BCUT2D eigenvalue weighted by atomic mass is 19.4. The number of hydrogen-bond acceptors (Lipinski definition) is 3. The molecule has 110 valence electrons. The molecule has 1 rings (SSSR count). The van der Waals surface area contributed by atoms with Crippen LogP contribution in [0.25, 0.3) is 0 Å². The van der Waals surface area contributed by atoms with Gasteiger partial charge in [-0.05, 0) is 19.1 Å². The lowest BCUT2D eigenvalue weighted by Gasteiger charge is -2.17. The van der Waals surface area contributed by atoms with Crippen LogP contribution >= 0.6 is 0 Å². The number of carbonyl (C=O) groups excluding carboxylic acids is 2. The fourth-order valence-electron chi connectivity index (χ4n) is 1.73. The van der Waals surface area contributed by atoms with Crippen LogP contribution in [0.2, 0.25) is 0 Å². The third-order valence-electron chi connectivity index (χ3n) is 2.48. The molecular formula is C13H15F3N2O2. The zero-order valence-electron chi connectivity index (χ0n) is 11.0. The monoisotopic (exact) mass is 288 g/mol. The standard InChI is InChI=1S/C13H15F3N2O2/c1-7(17)6-11(20)9-4-3-5-10(13(14,15)16)12(9)18-8(2)19/h3-5,7H,6,17H2,1-2H3,(H,18,19). The van der Waals surface area contributed by atoms with Crippen LogP contribution in [0.4, 0.5) is 18.9 Å². The van der Waals surface area contributed by atoms with E-state index in [0.29, 0.717) is 0 Å². The van der Waals surface area contributed by atoms with Crippen LogP contribution in [0.5, 0.6) is 0 Å². The van der Waals surface area contributed by atoms with Crippen molar-refractivity contribution in [3.63, 3.8) is 0 Å². The van der Waals surface area contributed by atoms with Crippen molar-refractivity contribution in [3.8, 4) is 0 Å². The van der Waals surface area contributed by atoms with E-state index in [2.05, 4.69) is 5.32 Å². The molecule has 1 aromatic rings. The summed E-state index contributed by atoms with van der Waals surface area (Å²) in [6.45, 7) is 2.65. The molecule has 0 aliphatic carbocycles. The molecule has 0 spiro atoms. The second-order valence-electron chi connectivity index (χ2n) is 4.51. The number of para-hydroxylation sites is 1. The van der Waals surface area contributed by atoms with Gasteiger partial charge < -0.3 is 11.1 Å². The van der Waals surface area contributed by atoms with Gasteiger partial charge in [-0.15, -0.1) is 0 Å². The maximum Gasteiger partial charge on any atom is 0.418 e. The van der Waals surface area contributed by atoms with E-state index in [1.165, 1.54) is 6.07 Å². The van der Waals surface area contributed by atoms with Crippen molar-refractivity contribution < 1.29 is 22.8 Å². The van der Waals surface area contributed by atoms with E-state index in [9.17, 15) is 22.8 Å². The fraction of sp³-hybridized carbons (Fsp3) is 0.385. The first-order valence-electron chi connectivity index (χ1n) is 5.89. The Hall–Kier alpha value is -1.89. The number of Topliss-reactive ketones (excluding diaryl/α,β-unsaturated/α-hetero) is 1. The molecule has 3 N–H and O–H groups in total. The van der Waals surface area contributed by atoms with Gasteiger partial charge in [-0.3, -0.25) is 9.59 Å². The molecule has 1 unspecified atom stereocenters. The summed E-state index contributed by atoms with van der Waals surface area (Å²) in [7, 11) is 0. The molecule has 0 bridgehead atoms. The topological polar surface area (TPSA) is 72.2 Å². The summed E-state index contributed by atoms with van der Waals surface area (Å²) in [5.74, 6) is -1.23. The van der Waals surface area contributed by atoms with Gasteiger partial charge in [0.15, 0.2) is 5.78 Å². The van der Waals surface area contributed by atoms with Crippen LogP contribution in [0.1, 0.15) is 36.2 Å². The molecule has 20 heavy (non-hydrogen) atoms. The van der Waals surface area contributed by atoms with Crippen LogP contribution in [0.15, 0.2) is 18.2 Å². The maximum absolute atomic E-state index is 12.9. The Bertz CT molecular complexity index is 525. The molecule has 1 atom stereocenters. The van der Waals surface area contributed by atoms with Crippen molar-refractivity contribution in [1.29, 1.82) is 0 Å². The number of rotatable bonds is 4. The minimum Gasteiger partial charge on any atom is -0.328 e. The highest BCUT2D eigenvalue weighted by molar-refractivity contribution is 6.05. The first-order valence-corrected chi connectivity index (χ1v) is 5.89. The van der Waals surface area contributed by atoms with E-state index in [-0.39, 0.29) is 12.0 Å². The lowest BCUT2D eigenvalue weighted by atomic mass is 9.99. The molecule has 0 saturated carbocycles. The molecule has 0 aliphatic heterocycles. The van der Waals surface area contributed by atoms with Gasteiger partial charge in [0.25, 0.3) is 0 Å². The van der Waals surface area contributed by atoms with Gasteiger partial charge in [-0.2, -0.15) is 13.2 Å². The van der Waals surface area contributed by atoms with Gasteiger partial charge in [0.2, 0.25) is 5.91 Å². The SMILES string of the molecule is CC(=O)Nc1c(C(=O)CC(C)N)cccc1C(F)(F)F. The fourth-order valence-corrected chi connectivity index (χ4v) is 1.73. The lowest BCUT2D eigenvalue weighted by Crippen LogP contribution is -2.22. The highest BCUT2D eigenvalue weighted by Gasteiger charge is 2.35. The molecule has 0 heterocycles. The van der Waals surface area contributed by atoms with Crippen molar-refractivity contribution >= 4 is 17.4 Å². The first kappa shape index (κ1) is 16.2. The number of carbonyl (C=O) groups is 2. The van der Waals surface area contributed by atoms with Crippen LogP contribution in [0, 0.1) is 0 Å². The van der Waals surface area contributed by atoms with E-state index in [1.54, 1.807) is 6.92 Å². The molecule has 0 aromatic heterocycles. The summed E-state index contributed by atoms with van der Waals surface area (Å²) in [6.07, 6.45) is -4.77. The van der Waals surface area contributed by atoms with E-state index >= 15 is 0 Å². The van der Waals surface area contributed by atoms with Gasteiger partial charge in [0, 0.05) is 24.9 Å². The van der Waals surface area contributed by atoms with E-state index in [4.69, 9.17) is 5.73 Å². The number of alkyl halides is 3. The van der Waals surface area contributed by atoms with Crippen LogP contribution < -0.4 is 11.1 Å². The molecule has 4 nitrogen and oxygen atoms in total. The normalized spacial score (nSPS) is 12.9. The third-order valence-corrected chi connectivity index (χ3v) is 2.48. The number of halogens is 3. The number of anilines is 1. The summed E-state index contributed by atoms with van der Waals surface area (Å²) >= 11 is 0. The summed E-state index contributed by atoms with van der Waals surface area (Å²) in [4.78, 5) is 23.0. The molecule has 1 aromatic carbocycles. The zero-order valence-corrected chi connectivity index (χ0v) is 11.0. The van der Waals surface area contributed by atoms with E-state index < -0.39 is 35.2 Å². The van der Waals surface area contributed by atoms with Gasteiger partial charge in [-0.25, -0.2) is 0 Å². The van der Waals surface area contributed by atoms with Crippen LogP contribution in [-0.2, 0) is 11.0 Å². The van der Waals surface area contributed by atoms with Crippen molar-refractivity contribution in [1.82, 2.24) is 0 Å². The Balaban J connectivity index is 3.36. The molecule has 0 fully saturated rings. The third kappa shape index (κ3) is 4.06. The Morgan fingerprint density at radius 2 is 1.95 bits per heavy atom. The second-order valence-corrected chi connectivity index (χ2v) is 4.51. The average Bonchev–Trinajstić information content (AvgIpc) is 2.25. The van der Waals surface area contributed by atoms with Gasteiger partial charge >= 0.3 is 6.18 Å². The summed E-state index contributed by atoms with van der Waals surface area (Å²) in [5, 5.41) is 2.08. The Labute approximate surface area is 114 Å². The zero-order chi connectivity index (χ0) is 15.5. The van der Waals surface area contributed by atoms with Gasteiger partial charge in [0.05, 0.1) is 11.3 Å². The first-order chi connectivity index (χ1) is 9.12. The lowest BCUT2D eigenvalue weighted by molar-refractivity contribution is -0.137. The number of benzene rings is 1. The van der Waals surface area contributed by atoms with Crippen LogP contribution in [0.3, 0.4) is 0 Å². The minimum atomic E-state index is -4.66. The number of nitrogens with two attached hydrogens (primary N) is 1. The summed E-state index contributed by atoms with van der Waals surface area (Å²) in [6, 6.07) is 2.70. The molecular weight excluding hydrogens is 273 g/mol. The number of hydrogen-bond donors (Lipinski definition) is 2. The van der Waals surface area contributed by atoms with Crippen molar-refractivity contribution in [2.75, 3.05) is 5.32 Å². The second kappa shape index (κ2) is 6.04. The number of ketones is 1. The van der Waals surface area contributed by atoms with Crippen LogP contribution in [-0.4, -0.2) is 17.7 Å². The smallest absolute Gasteiger partial charge is 0.328 e. The summed E-state index contributed by atoms with van der Waals surface area (Å²) < 4.78 is 38.8. The molecule has 7 heteroatoms. The van der Waals surface area contributed by atoms with E-state index in [0.717, 1.165) is 19.1 Å². The van der Waals surface area contributed by atoms with E-state index in [1.807, 2.05) is 0 Å². The van der Waals surface area contributed by atoms with Crippen molar-refractivity contribution in [2.45, 2.75) is 32.5 Å². The number of nitrogens with one attached hydrogen (secondary N) is 1. The molecule has 0 radical (unpaired) electrons. The molecule has 0 aliphatic rings. The molecule has 0 saturated heterocycles. The quantitative estimate of drug-likeness (QED) is 0.836. The highest BCUT2D eigenvalue weighted by Crippen LogP contribution is 2.37. The Morgan fingerprint density at radius 1 is 1.35 bits per heavy atom. The van der Waals surface area contributed by atoms with Crippen molar-refractivity contribution in [3.05, 3.63) is 29.3 Å². The average molecular weight is 288 g/mol. The van der Waals surface area contributed by atoms with Gasteiger partial charge in [-0.1, -0.05) is 6.07 Å². The predicted molar refractivity (Wildman–Crippen MR) is 68.3 cm³/mol. The molecule has 1 amide bonds. The number of amides is 1.